The molecule has 0 aliphatic carbocycles. The van der Waals surface area contributed by atoms with E-state index in [9.17, 15) is 4.79 Å². The van der Waals surface area contributed by atoms with Crippen LogP contribution in [0.4, 0.5) is 5.69 Å². The Hall–Kier alpha value is -0.910. The fourth-order valence-electron chi connectivity index (χ4n) is 1.63. The van der Waals surface area contributed by atoms with Gasteiger partial charge < -0.3 is 15.4 Å². The Morgan fingerprint density at radius 1 is 1.26 bits per heavy atom. The van der Waals surface area contributed by atoms with Crippen molar-refractivity contribution in [1.29, 1.82) is 0 Å². The van der Waals surface area contributed by atoms with Gasteiger partial charge in [0.25, 0.3) is 0 Å². The van der Waals surface area contributed by atoms with Crippen LogP contribution >= 0.6 is 15.9 Å². The van der Waals surface area contributed by atoms with Gasteiger partial charge in [-0.25, -0.2) is 0 Å². The number of hydrogen-bond donors (Lipinski definition) is 2. The van der Waals surface area contributed by atoms with Crippen molar-refractivity contribution in [3.8, 4) is 0 Å². The first-order chi connectivity index (χ1) is 9.24. The molecule has 1 aromatic carbocycles. The average Bonchev–Trinajstić information content (AvgIpc) is 2.40. The van der Waals surface area contributed by atoms with Crippen molar-refractivity contribution in [2.24, 2.45) is 0 Å². The molecule has 0 saturated heterocycles. The number of nitrogens with one attached hydrogen (secondary N) is 2. The third kappa shape index (κ3) is 7.30. The Balaban J connectivity index is 2.10. The molecule has 106 valence electrons. The molecule has 0 aliphatic heterocycles. The molecule has 0 heterocycles. The fraction of sp³-hybridized carbons (Fsp3) is 0.500. The van der Waals surface area contributed by atoms with Crippen LogP contribution in [0.25, 0.3) is 0 Å². The number of methoxy groups -OCH3 is 1. The largest absolute Gasteiger partial charge is 0.385 e. The van der Waals surface area contributed by atoms with Crippen molar-refractivity contribution in [1.82, 2.24) is 5.32 Å². The van der Waals surface area contributed by atoms with Crippen molar-refractivity contribution in [2.45, 2.75) is 19.3 Å². The van der Waals surface area contributed by atoms with E-state index in [1.807, 2.05) is 24.3 Å². The molecule has 0 aromatic heterocycles. The lowest BCUT2D eigenvalue weighted by Gasteiger charge is -2.08. The lowest BCUT2D eigenvalue weighted by molar-refractivity contribution is -0.115. The average molecular weight is 329 g/mol. The van der Waals surface area contributed by atoms with Crippen molar-refractivity contribution < 1.29 is 9.53 Å². The van der Waals surface area contributed by atoms with E-state index in [0.717, 1.165) is 42.6 Å². The zero-order valence-corrected chi connectivity index (χ0v) is 12.8. The van der Waals surface area contributed by atoms with Gasteiger partial charge in [0, 0.05) is 18.2 Å². The number of unbranched alkanes of at least 4 members (excludes halogenated alkanes) is 2. The van der Waals surface area contributed by atoms with Gasteiger partial charge in [0.1, 0.15) is 0 Å². The van der Waals surface area contributed by atoms with Crippen LogP contribution in [0.15, 0.2) is 28.7 Å². The second-order valence-corrected chi connectivity index (χ2v) is 5.11. The molecule has 0 fully saturated rings. The number of carbonyl (C=O) groups is 1. The number of anilines is 1. The standard InChI is InChI=1S/C14H21BrN2O2/c1-19-10-6-2-5-9-16-11-14(18)17-13-8-4-3-7-12(13)15/h3-4,7-8,16H,2,5-6,9-11H2,1H3,(H,17,18). The summed E-state index contributed by atoms with van der Waals surface area (Å²) in [6.07, 6.45) is 3.25. The van der Waals surface area contributed by atoms with Gasteiger partial charge in [0.05, 0.1) is 12.2 Å². The Bertz CT molecular complexity index is 385. The maximum atomic E-state index is 11.7. The minimum absolute atomic E-state index is 0.0243. The highest BCUT2D eigenvalue weighted by molar-refractivity contribution is 9.10. The number of ether oxygens (including phenoxy) is 1. The molecule has 4 nitrogen and oxygen atoms in total. The molecule has 0 unspecified atom stereocenters. The van der Waals surface area contributed by atoms with Crippen LogP contribution in [0.2, 0.25) is 0 Å². The summed E-state index contributed by atoms with van der Waals surface area (Å²) < 4.78 is 5.87. The Morgan fingerprint density at radius 2 is 2.05 bits per heavy atom. The third-order valence-electron chi connectivity index (χ3n) is 2.64. The van der Waals surface area contributed by atoms with Crippen LogP contribution in [0, 0.1) is 0 Å². The predicted molar refractivity (Wildman–Crippen MR) is 81.4 cm³/mol. The van der Waals surface area contributed by atoms with Crippen LogP contribution < -0.4 is 10.6 Å². The number of hydrogen-bond acceptors (Lipinski definition) is 3. The van der Waals surface area contributed by atoms with Crippen LogP contribution in [-0.4, -0.2) is 32.7 Å². The maximum Gasteiger partial charge on any atom is 0.238 e. The topological polar surface area (TPSA) is 50.4 Å². The molecule has 1 rings (SSSR count). The first kappa shape index (κ1) is 16.1. The van der Waals surface area contributed by atoms with E-state index >= 15 is 0 Å². The van der Waals surface area contributed by atoms with Gasteiger partial charge in [-0.1, -0.05) is 12.1 Å². The minimum Gasteiger partial charge on any atom is -0.385 e. The summed E-state index contributed by atoms with van der Waals surface area (Å²) in [5.41, 5.74) is 0.800. The molecule has 0 saturated carbocycles. The molecule has 5 heteroatoms. The molecule has 0 bridgehead atoms. The van der Waals surface area contributed by atoms with E-state index in [0.29, 0.717) is 6.54 Å². The fourth-order valence-corrected chi connectivity index (χ4v) is 2.02. The molecule has 0 atom stereocenters. The highest BCUT2D eigenvalue weighted by atomic mass is 79.9. The number of carbonyl (C=O) groups excluding carboxylic acids is 1. The van der Waals surface area contributed by atoms with Gasteiger partial charge in [0.2, 0.25) is 5.91 Å². The van der Waals surface area contributed by atoms with Crippen LogP contribution in [0.3, 0.4) is 0 Å². The quantitative estimate of drug-likeness (QED) is 0.685. The monoisotopic (exact) mass is 328 g/mol. The molecule has 0 spiro atoms. The molecule has 1 amide bonds. The second kappa shape index (κ2) is 9.95. The van der Waals surface area contributed by atoms with Gasteiger partial charge in [-0.15, -0.1) is 0 Å². The Labute approximate surface area is 123 Å². The van der Waals surface area contributed by atoms with E-state index in [4.69, 9.17) is 4.74 Å². The summed E-state index contributed by atoms with van der Waals surface area (Å²) in [5, 5.41) is 5.99. The van der Waals surface area contributed by atoms with Crippen molar-refractivity contribution >= 4 is 27.5 Å². The first-order valence-corrected chi connectivity index (χ1v) is 7.27. The van der Waals surface area contributed by atoms with Gasteiger partial charge >= 0.3 is 0 Å². The minimum atomic E-state index is -0.0243. The molecule has 0 radical (unpaired) electrons. The molecule has 2 N–H and O–H groups in total. The smallest absolute Gasteiger partial charge is 0.238 e. The zero-order valence-electron chi connectivity index (χ0n) is 11.2. The van der Waals surface area contributed by atoms with E-state index in [-0.39, 0.29) is 5.91 Å². The van der Waals surface area contributed by atoms with Crippen molar-refractivity contribution in [3.05, 3.63) is 28.7 Å². The maximum absolute atomic E-state index is 11.7. The van der Waals surface area contributed by atoms with Crippen molar-refractivity contribution in [2.75, 3.05) is 32.1 Å². The third-order valence-corrected chi connectivity index (χ3v) is 3.33. The summed E-state index contributed by atoms with van der Waals surface area (Å²) in [7, 11) is 1.71. The van der Waals surface area contributed by atoms with E-state index in [1.54, 1.807) is 7.11 Å². The summed E-state index contributed by atoms with van der Waals surface area (Å²) in [6.45, 7) is 2.00. The number of amides is 1. The van der Waals surface area contributed by atoms with Crippen LogP contribution in [0.1, 0.15) is 19.3 Å². The summed E-state index contributed by atoms with van der Waals surface area (Å²) in [4.78, 5) is 11.7. The number of benzene rings is 1. The van der Waals surface area contributed by atoms with E-state index in [2.05, 4.69) is 26.6 Å². The van der Waals surface area contributed by atoms with Gasteiger partial charge in [0.15, 0.2) is 0 Å². The second-order valence-electron chi connectivity index (χ2n) is 4.26. The molecular weight excluding hydrogens is 308 g/mol. The summed E-state index contributed by atoms with van der Waals surface area (Å²) >= 11 is 3.39. The normalized spacial score (nSPS) is 10.4. The predicted octanol–water partition coefficient (Wildman–Crippen LogP) is 2.79. The lowest BCUT2D eigenvalue weighted by atomic mass is 10.2. The number of para-hydroxylation sites is 1. The first-order valence-electron chi connectivity index (χ1n) is 6.48. The molecular formula is C14H21BrN2O2. The summed E-state index contributed by atoms with van der Waals surface area (Å²) in [5.74, 6) is -0.0243. The van der Waals surface area contributed by atoms with E-state index in [1.165, 1.54) is 0 Å². The zero-order chi connectivity index (χ0) is 13.9. The SMILES string of the molecule is COCCCCCNCC(=O)Nc1ccccc1Br. The number of halogens is 1. The highest BCUT2D eigenvalue weighted by Gasteiger charge is 2.03. The Kier molecular flexibility index (Phi) is 8.45. The van der Waals surface area contributed by atoms with Gasteiger partial charge in [-0.2, -0.15) is 0 Å². The van der Waals surface area contributed by atoms with Crippen LogP contribution in [-0.2, 0) is 9.53 Å². The van der Waals surface area contributed by atoms with Crippen molar-refractivity contribution in [3.63, 3.8) is 0 Å². The lowest BCUT2D eigenvalue weighted by Crippen LogP contribution is -2.28. The van der Waals surface area contributed by atoms with E-state index < -0.39 is 0 Å². The molecule has 19 heavy (non-hydrogen) atoms. The highest BCUT2D eigenvalue weighted by Crippen LogP contribution is 2.20. The van der Waals surface area contributed by atoms with Crippen LogP contribution in [0.5, 0.6) is 0 Å². The van der Waals surface area contributed by atoms with Gasteiger partial charge in [-0.3, -0.25) is 4.79 Å². The van der Waals surface area contributed by atoms with Gasteiger partial charge in [-0.05, 0) is 53.9 Å². The molecule has 0 aliphatic rings. The number of rotatable bonds is 9. The Morgan fingerprint density at radius 3 is 2.79 bits per heavy atom. The molecule has 1 aromatic rings. The summed E-state index contributed by atoms with van der Waals surface area (Å²) in [6, 6.07) is 7.58.